The van der Waals surface area contributed by atoms with Gasteiger partial charge in [0.15, 0.2) is 0 Å². The van der Waals surface area contributed by atoms with E-state index in [1.54, 1.807) is 0 Å². The first-order chi connectivity index (χ1) is 29.7. The molecule has 0 aliphatic carbocycles. The van der Waals surface area contributed by atoms with Crippen molar-refractivity contribution in [2.24, 2.45) is 0 Å². The molecule has 0 bridgehead atoms. The predicted molar refractivity (Wildman–Crippen MR) is 259 cm³/mol. The Bertz CT molecular complexity index is 3200. The third kappa shape index (κ3) is 6.61. The third-order valence-corrected chi connectivity index (χ3v) is 11.5. The first kappa shape index (κ1) is 36.4. The summed E-state index contributed by atoms with van der Waals surface area (Å²) in [5.41, 5.74) is 11.0. The van der Waals surface area contributed by atoms with Crippen molar-refractivity contribution in [1.29, 1.82) is 0 Å². The molecule has 0 aliphatic heterocycles. The molecule has 0 spiro atoms. The molecule has 0 atom stereocenters. The highest BCUT2D eigenvalue weighted by atomic mass is 15.1. The van der Waals surface area contributed by atoms with Crippen LogP contribution in [0.4, 0.5) is 28.4 Å². The van der Waals surface area contributed by atoms with Gasteiger partial charge in [0.25, 0.3) is 0 Å². The summed E-state index contributed by atoms with van der Waals surface area (Å²) in [6.07, 6.45) is 5.74. The predicted octanol–water partition coefficient (Wildman–Crippen LogP) is 16.5. The topological polar surface area (TPSA) is 6.48 Å². The number of benzene rings is 10. The lowest BCUT2D eigenvalue weighted by molar-refractivity contribution is 1.21. The van der Waals surface area contributed by atoms with E-state index < -0.39 is 0 Å². The molecule has 0 N–H and O–H groups in total. The van der Waals surface area contributed by atoms with Crippen LogP contribution < -0.4 is 9.80 Å². The zero-order valence-corrected chi connectivity index (χ0v) is 33.2. The molecule has 60 heavy (non-hydrogen) atoms. The zero-order valence-electron chi connectivity index (χ0n) is 33.2. The second-order valence-corrected chi connectivity index (χ2v) is 15.0. The summed E-state index contributed by atoms with van der Waals surface area (Å²) in [6.45, 7) is 8.28. The average molecular weight is 767 g/mol. The summed E-state index contributed by atoms with van der Waals surface area (Å²) in [5, 5.41) is 9.54. The highest BCUT2D eigenvalue weighted by Crippen LogP contribution is 2.48. The number of nitrogens with zero attached hydrogens (tertiary/aromatic N) is 2. The van der Waals surface area contributed by atoms with Gasteiger partial charge in [-0.25, -0.2) is 0 Å². The Kier molecular flexibility index (Phi) is 9.57. The SMILES string of the molecule is C=CC=C(C=C)N(c1ccccc1)c1ccc2c(-c3ccc4ccccc4c3)c3cc(N(c4ccccc4)c4ccccc4)ccc3c(-c3ccc4ccccc4c3)c2c1. The van der Waals surface area contributed by atoms with Gasteiger partial charge < -0.3 is 9.80 Å². The quantitative estimate of drug-likeness (QED) is 0.101. The first-order valence-corrected chi connectivity index (χ1v) is 20.4. The second-order valence-electron chi connectivity index (χ2n) is 15.0. The van der Waals surface area contributed by atoms with Crippen molar-refractivity contribution >= 4 is 71.5 Å². The maximum Gasteiger partial charge on any atom is 0.0468 e. The monoisotopic (exact) mass is 766 g/mol. The molecule has 0 aromatic heterocycles. The molecular formula is C58H42N2. The Morgan fingerprint density at radius 1 is 0.350 bits per heavy atom. The van der Waals surface area contributed by atoms with Crippen molar-refractivity contribution in [3.63, 3.8) is 0 Å². The lowest BCUT2D eigenvalue weighted by atomic mass is 9.84. The molecule has 10 aromatic rings. The van der Waals surface area contributed by atoms with E-state index >= 15 is 0 Å². The second kappa shape index (κ2) is 15.8. The molecule has 284 valence electrons. The van der Waals surface area contributed by atoms with E-state index in [1.807, 2.05) is 18.2 Å². The van der Waals surface area contributed by atoms with Gasteiger partial charge in [0.1, 0.15) is 0 Å². The Morgan fingerprint density at radius 2 is 0.783 bits per heavy atom. The minimum Gasteiger partial charge on any atom is -0.311 e. The van der Waals surface area contributed by atoms with Gasteiger partial charge >= 0.3 is 0 Å². The number of anilines is 5. The molecule has 2 nitrogen and oxygen atoms in total. The van der Waals surface area contributed by atoms with Gasteiger partial charge in [-0.1, -0.05) is 159 Å². The van der Waals surface area contributed by atoms with Gasteiger partial charge in [-0.15, -0.1) is 0 Å². The third-order valence-electron chi connectivity index (χ3n) is 11.5. The van der Waals surface area contributed by atoms with Gasteiger partial charge in [0.2, 0.25) is 0 Å². The molecular weight excluding hydrogens is 725 g/mol. The van der Waals surface area contributed by atoms with E-state index in [1.165, 1.54) is 60.0 Å². The Labute approximate surface area is 351 Å². The highest BCUT2D eigenvalue weighted by molar-refractivity contribution is 6.23. The molecule has 10 aromatic carbocycles. The summed E-state index contributed by atoms with van der Waals surface area (Å²) >= 11 is 0. The average Bonchev–Trinajstić information content (AvgIpc) is 3.31. The summed E-state index contributed by atoms with van der Waals surface area (Å²) in [6, 6.07) is 76.8. The van der Waals surface area contributed by atoms with Gasteiger partial charge in [0.05, 0.1) is 0 Å². The summed E-state index contributed by atoms with van der Waals surface area (Å²) in [7, 11) is 0. The molecule has 0 fully saturated rings. The molecule has 0 radical (unpaired) electrons. The van der Waals surface area contributed by atoms with Gasteiger partial charge in [0, 0.05) is 34.1 Å². The van der Waals surface area contributed by atoms with Crippen LogP contribution in [0.1, 0.15) is 0 Å². The normalized spacial score (nSPS) is 11.6. The molecule has 0 unspecified atom stereocenters. The van der Waals surface area contributed by atoms with Crippen LogP contribution in [-0.2, 0) is 0 Å². The van der Waals surface area contributed by atoms with Gasteiger partial charge in [-0.2, -0.15) is 0 Å². The maximum absolute atomic E-state index is 4.23. The van der Waals surface area contributed by atoms with Crippen LogP contribution >= 0.6 is 0 Å². The number of hydrogen-bond donors (Lipinski definition) is 0. The molecule has 0 amide bonds. The van der Waals surface area contributed by atoms with E-state index in [-0.39, 0.29) is 0 Å². The number of allylic oxidation sites excluding steroid dienone is 3. The number of para-hydroxylation sites is 3. The van der Waals surface area contributed by atoms with Crippen LogP contribution in [0.5, 0.6) is 0 Å². The van der Waals surface area contributed by atoms with Crippen molar-refractivity contribution < 1.29 is 0 Å². The van der Waals surface area contributed by atoms with Crippen molar-refractivity contribution in [3.8, 4) is 22.3 Å². The summed E-state index contributed by atoms with van der Waals surface area (Å²) in [4.78, 5) is 4.62. The molecule has 0 aliphatic rings. The molecule has 10 rings (SSSR count). The van der Waals surface area contributed by atoms with Gasteiger partial charge in [-0.05, 0) is 150 Å². The molecule has 0 heterocycles. The molecule has 2 heteroatoms. The van der Waals surface area contributed by atoms with E-state index in [0.29, 0.717) is 0 Å². The lowest BCUT2D eigenvalue weighted by Crippen LogP contribution is -2.15. The van der Waals surface area contributed by atoms with Crippen molar-refractivity contribution in [2.75, 3.05) is 9.80 Å². The fourth-order valence-electron chi connectivity index (χ4n) is 8.77. The zero-order chi connectivity index (χ0) is 40.4. The standard InChI is InChI=1S/C58H42N2/c1-3-18-47(4-2)59(48-23-8-5-9-24-48)51-33-35-53-55(39-51)57(45-31-29-41-19-14-16-21-43(41)37-45)54-36-34-52(60(49-25-10-6-11-26-49)50-27-12-7-13-28-50)40-56(54)58(53)46-32-30-42-20-15-17-22-44(42)38-46/h3-40H,1-2H2. The first-order valence-electron chi connectivity index (χ1n) is 20.4. The minimum absolute atomic E-state index is 0.935. The fraction of sp³-hybridized carbons (Fsp3) is 0. The Morgan fingerprint density at radius 3 is 1.27 bits per heavy atom. The van der Waals surface area contributed by atoms with E-state index in [9.17, 15) is 0 Å². The van der Waals surface area contributed by atoms with Crippen LogP contribution in [0.3, 0.4) is 0 Å². The van der Waals surface area contributed by atoms with Crippen molar-refractivity contribution in [1.82, 2.24) is 0 Å². The van der Waals surface area contributed by atoms with Crippen molar-refractivity contribution in [2.45, 2.75) is 0 Å². The van der Waals surface area contributed by atoms with Gasteiger partial charge in [-0.3, -0.25) is 0 Å². The van der Waals surface area contributed by atoms with E-state index in [2.05, 4.69) is 235 Å². The minimum atomic E-state index is 0.935. The number of hydrogen-bond acceptors (Lipinski definition) is 2. The number of rotatable bonds is 10. The fourth-order valence-corrected chi connectivity index (χ4v) is 8.77. The Hall–Kier alpha value is -7.94. The number of fused-ring (bicyclic) bond motifs is 4. The smallest absolute Gasteiger partial charge is 0.0468 e. The molecule has 0 saturated carbocycles. The summed E-state index contributed by atoms with van der Waals surface area (Å²) in [5.74, 6) is 0. The van der Waals surface area contributed by atoms with E-state index in [4.69, 9.17) is 0 Å². The van der Waals surface area contributed by atoms with Crippen LogP contribution in [0.2, 0.25) is 0 Å². The van der Waals surface area contributed by atoms with E-state index in [0.717, 1.165) is 39.5 Å². The maximum atomic E-state index is 4.23. The van der Waals surface area contributed by atoms with Crippen LogP contribution in [0, 0.1) is 0 Å². The Balaban J connectivity index is 1.34. The van der Waals surface area contributed by atoms with Crippen LogP contribution in [-0.4, -0.2) is 0 Å². The van der Waals surface area contributed by atoms with Crippen molar-refractivity contribution in [3.05, 3.63) is 249 Å². The van der Waals surface area contributed by atoms with Crippen LogP contribution in [0.15, 0.2) is 249 Å². The largest absolute Gasteiger partial charge is 0.311 e. The van der Waals surface area contributed by atoms with Crippen LogP contribution in [0.25, 0.3) is 65.3 Å². The highest BCUT2D eigenvalue weighted by Gasteiger charge is 2.22. The summed E-state index contributed by atoms with van der Waals surface area (Å²) < 4.78 is 0. The molecule has 0 saturated heterocycles. The lowest BCUT2D eigenvalue weighted by Gasteiger charge is -2.28.